The maximum atomic E-state index is 12.0. The third kappa shape index (κ3) is 4.84. The van der Waals surface area contributed by atoms with Crippen LogP contribution in [-0.4, -0.2) is 18.0 Å². The van der Waals surface area contributed by atoms with E-state index in [1.807, 2.05) is 45.0 Å². The van der Waals surface area contributed by atoms with Gasteiger partial charge in [-0.2, -0.15) is 0 Å². The molecule has 1 aromatic carbocycles. The molecule has 0 aromatic heterocycles. The minimum absolute atomic E-state index is 0.0162. The molecule has 0 aliphatic rings. The Morgan fingerprint density at radius 3 is 2.58 bits per heavy atom. The van der Waals surface area contributed by atoms with Crippen LogP contribution in [0.1, 0.15) is 32.8 Å². The van der Waals surface area contributed by atoms with Gasteiger partial charge < -0.3 is 11.1 Å². The van der Waals surface area contributed by atoms with E-state index in [0.29, 0.717) is 6.42 Å². The van der Waals surface area contributed by atoms with E-state index in [2.05, 4.69) is 5.32 Å². The molecule has 3 nitrogen and oxygen atoms in total. The summed E-state index contributed by atoms with van der Waals surface area (Å²) in [6, 6.07) is 7.24. The van der Waals surface area contributed by atoms with Crippen molar-refractivity contribution in [3.05, 3.63) is 34.9 Å². The van der Waals surface area contributed by atoms with Crippen LogP contribution in [0.3, 0.4) is 0 Å². The Hall–Kier alpha value is -1.06. The highest BCUT2D eigenvalue weighted by Gasteiger charge is 2.20. The van der Waals surface area contributed by atoms with Crippen molar-refractivity contribution in [3.63, 3.8) is 0 Å². The summed E-state index contributed by atoms with van der Waals surface area (Å²) in [5.41, 5.74) is 6.94. The van der Waals surface area contributed by atoms with E-state index in [1.165, 1.54) is 0 Å². The highest BCUT2D eigenvalue weighted by atomic mass is 35.5. The van der Waals surface area contributed by atoms with Gasteiger partial charge in [0, 0.05) is 11.1 Å². The lowest BCUT2D eigenvalue weighted by molar-refractivity contribution is -0.124. The zero-order valence-corrected chi connectivity index (χ0v) is 12.6. The second-order valence-corrected chi connectivity index (χ2v) is 5.52. The molecule has 3 unspecified atom stereocenters. The first-order chi connectivity index (χ1) is 8.95. The predicted molar refractivity (Wildman–Crippen MR) is 80.2 cm³/mol. The molecular weight excluding hydrogens is 260 g/mol. The molecule has 0 bridgehead atoms. The SMILES string of the molecule is CCC(C)C(N)C(=O)NC(C)Cc1ccccc1Cl. The quantitative estimate of drug-likeness (QED) is 0.843. The molecule has 0 fully saturated rings. The van der Waals surface area contributed by atoms with Gasteiger partial charge in [-0.05, 0) is 30.9 Å². The first-order valence-corrected chi connectivity index (χ1v) is 7.12. The van der Waals surface area contributed by atoms with Crippen LogP contribution in [0.15, 0.2) is 24.3 Å². The number of rotatable bonds is 6. The van der Waals surface area contributed by atoms with Crippen molar-refractivity contribution >= 4 is 17.5 Å². The van der Waals surface area contributed by atoms with Gasteiger partial charge in [0.1, 0.15) is 0 Å². The number of amides is 1. The summed E-state index contributed by atoms with van der Waals surface area (Å²) in [6.07, 6.45) is 1.60. The van der Waals surface area contributed by atoms with Crippen molar-refractivity contribution in [2.45, 2.75) is 45.7 Å². The molecule has 4 heteroatoms. The van der Waals surface area contributed by atoms with E-state index in [0.717, 1.165) is 17.0 Å². The molecule has 3 N–H and O–H groups in total. The third-order valence-electron chi connectivity index (χ3n) is 3.43. The highest BCUT2D eigenvalue weighted by molar-refractivity contribution is 6.31. The molecule has 0 heterocycles. The Morgan fingerprint density at radius 2 is 2.00 bits per heavy atom. The Bertz CT molecular complexity index is 422. The van der Waals surface area contributed by atoms with Crippen LogP contribution in [-0.2, 0) is 11.2 Å². The number of nitrogens with one attached hydrogen (secondary N) is 1. The molecule has 0 saturated heterocycles. The summed E-state index contributed by atoms with van der Waals surface area (Å²) in [7, 11) is 0. The van der Waals surface area contributed by atoms with Crippen LogP contribution >= 0.6 is 11.6 Å². The van der Waals surface area contributed by atoms with Crippen molar-refractivity contribution in [3.8, 4) is 0 Å². The predicted octanol–water partition coefficient (Wildman–Crippen LogP) is 2.76. The molecule has 0 aliphatic carbocycles. The minimum atomic E-state index is -0.446. The number of benzene rings is 1. The molecule has 1 aromatic rings. The van der Waals surface area contributed by atoms with Gasteiger partial charge in [0.2, 0.25) is 5.91 Å². The third-order valence-corrected chi connectivity index (χ3v) is 3.80. The van der Waals surface area contributed by atoms with Gasteiger partial charge >= 0.3 is 0 Å². The standard InChI is InChI=1S/C15H23ClN2O/c1-4-10(2)14(17)15(19)18-11(3)9-12-7-5-6-8-13(12)16/h5-8,10-11,14H,4,9,17H2,1-3H3,(H,18,19). The van der Waals surface area contributed by atoms with E-state index in [-0.39, 0.29) is 17.9 Å². The lowest BCUT2D eigenvalue weighted by Crippen LogP contribution is -2.48. The fourth-order valence-corrected chi connectivity index (χ4v) is 2.11. The van der Waals surface area contributed by atoms with Gasteiger partial charge in [0.15, 0.2) is 0 Å². The van der Waals surface area contributed by atoms with Crippen molar-refractivity contribution in [1.82, 2.24) is 5.32 Å². The largest absolute Gasteiger partial charge is 0.352 e. The number of hydrogen-bond acceptors (Lipinski definition) is 2. The number of carbonyl (C=O) groups excluding carboxylic acids is 1. The average molecular weight is 283 g/mol. The molecule has 0 aliphatic heterocycles. The van der Waals surface area contributed by atoms with E-state index < -0.39 is 6.04 Å². The molecule has 3 atom stereocenters. The van der Waals surface area contributed by atoms with Crippen LogP contribution in [0.5, 0.6) is 0 Å². The van der Waals surface area contributed by atoms with Crippen LogP contribution in [0.2, 0.25) is 5.02 Å². The van der Waals surface area contributed by atoms with Gasteiger partial charge in [-0.15, -0.1) is 0 Å². The maximum absolute atomic E-state index is 12.0. The zero-order valence-electron chi connectivity index (χ0n) is 11.8. The normalized spacial score (nSPS) is 15.6. The summed E-state index contributed by atoms with van der Waals surface area (Å²) in [5.74, 6) is 0.0985. The summed E-state index contributed by atoms with van der Waals surface area (Å²) in [4.78, 5) is 12.0. The molecule has 0 spiro atoms. The number of halogens is 1. The molecular formula is C15H23ClN2O. The smallest absolute Gasteiger partial charge is 0.237 e. The van der Waals surface area contributed by atoms with Crippen LogP contribution < -0.4 is 11.1 Å². The van der Waals surface area contributed by atoms with Gasteiger partial charge in [0.05, 0.1) is 6.04 Å². The summed E-state index contributed by atoms with van der Waals surface area (Å²) in [6.45, 7) is 5.98. The van der Waals surface area contributed by atoms with Gasteiger partial charge in [0.25, 0.3) is 0 Å². The van der Waals surface area contributed by atoms with Crippen molar-refractivity contribution in [2.24, 2.45) is 11.7 Å². The Kier molecular flexibility index (Phi) is 6.32. The zero-order chi connectivity index (χ0) is 14.4. The fraction of sp³-hybridized carbons (Fsp3) is 0.533. The Labute approximate surface area is 120 Å². The molecule has 0 radical (unpaired) electrons. The van der Waals surface area contributed by atoms with E-state index in [1.54, 1.807) is 0 Å². The lowest BCUT2D eigenvalue weighted by atomic mass is 9.98. The average Bonchev–Trinajstić information content (AvgIpc) is 2.39. The van der Waals surface area contributed by atoms with Gasteiger partial charge in [-0.1, -0.05) is 50.1 Å². The number of nitrogens with two attached hydrogens (primary N) is 1. The molecule has 0 saturated carbocycles. The van der Waals surface area contributed by atoms with Crippen molar-refractivity contribution < 1.29 is 4.79 Å². The highest BCUT2D eigenvalue weighted by Crippen LogP contribution is 2.16. The minimum Gasteiger partial charge on any atom is -0.352 e. The lowest BCUT2D eigenvalue weighted by Gasteiger charge is -2.21. The Morgan fingerprint density at radius 1 is 1.37 bits per heavy atom. The van der Waals surface area contributed by atoms with E-state index in [9.17, 15) is 4.79 Å². The number of hydrogen-bond donors (Lipinski definition) is 2. The summed E-state index contributed by atoms with van der Waals surface area (Å²) in [5, 5.41) is 3.68. The van der Waals surface area contributed by atoms with Crippen LogP contribution in [0, 0.1) is 5.92 Å². The second-order valence-electron chi connectivity index (χ2n) is 5.12. The maximum Gasteiger partial charge on any atom is 0.237 e. The number of carbonyl (C=O) groups is 1. The first kappa shape index (κ1) is 16.0. The molecule has 19 heavy (non-hydrogen) atoms. The van der Waals surface area contributed by atoms with Crippen molar-refractivity contribution in [2.75, 3.05) is 0 Å². The molecule has 1 rings (SSSR count). The van der Waals surface area contributed by atoms with Crippen LogP contribution in [0.25, 0.3) is 0 Å². The first-order valence-electron chi connectivity index (χ1n) is 6.75. The van der Waals surface area contributed by atoms with Crippen molar-refractivity contribution in [1.29, 1.82) is 0 Å². The molecule has 1 amide bonds. The summed E-state index contributed by atoms with van der Waals surface area (Å²) < 4.78 is 0. The fourth-order valence-electron chi connectivity index (χ4n) is 1.90. The monoisotopic (exact) mass is 282 g/mol. The topological polar surface area (TPSA) is 55.1 Å². The van der Waals surface area contributed by atoms with E-state index >= 15 is 0 Å². The van der Waals surface area contributed by atoms with Crippen LogP contribution in [0.4, 0.5) is 0 Å². The summed E-state index contributed by atoms with van der Waals surface area (Å²) >= 11 is 6.10. The second kappa shape index (κ2) is 7.51. The Balaban J connectivity index is 2.54. The molecule has 106 valence electrons. The van der Waals surface area contributed by atoms with E-state index in [4.69, 9.17) is 17.3 Å². The van der Waals surface area contributed by atoms with Gasteiger partial charge in [-0.25, -0.2) is 0 Å². The van der Waals surface area contributed by atoms with Gasteiger partial charge in [-0.3, -0.25) is 4.79 Å².